The number of thiophene rings is 1. The normalized spacial score (nSPS) is 16.4. The standard InChI is InChI=1S/C23H31N3O2S2/c1-6-28-20(27)17-16-14-22(2,3)26-23(4,5)18(16)30-19(17)25-21(29)24-13-12-15-10-8-7-9-11-15/h7-11,26H,6,12-14H2,1-5H3,(H2,24,25,29)/p+1. The summed E-state index contributed by atoms with van der Waals surface area (Å²) >= 11 is 7.14. The van der Waals surface area contributed by atoms with Gasteiger partial charge in [-0.2, -0.15) is 0 Å². The van der Waals surface area contributed by atoms with E-state index in [1.54, 1.807) is 11.3 Å². The molecule has 1 aliphatic rings. The lowest BCUT2D eigenvalue weighted by molar-refractivity contribution is -0.789. The molecule has 0 bridgehead atoms. The molecule has 0 saturated heterocycles. The van der Waals surface area contributed by atoms with Gasteiger partial charge in [0.15, 0.2) is 5.11 Å². The van der Waals surface area contributed by atoms with Gasteiger partial charge in [0.2, 0.25) is 0 Å². The smallest absolute Gasteiger partial charge is 0.341 e. The molecule has 1 aromatic heterocycles. The zero-order valence-electron chi connectivity index (χ0n) is 18.4. The van der Waals surface area contributed by atoms with Crippen LogP contribution in [0.4, 0.5) is 5.00 Å². The first-order chi connectivity index (χ1) is 14.1. The van der Waals surface area contributed by atoms with Crippen LogP contribution in [0, 0.1) is 0 Å². The van der Waals surface area contributed by atoms with Gasteiger partial charge in [0, 0.05) is 13.0 Å². The maximum atomic E-state index is 12.9. The summed E-state index contributed by atoms with van der Waals surface area (Å²) in [6.45, 7) is 11.8. The molecule has 1 aromatic carbocycles. The lowest BCUT2D eigenvalue weighted by Gasteiger charge is -2.38. The van der Waals surface area contributed by atoms with Gasteiger partial charge in [-0.15, -0.1) is 11.3 Å². The molecule has 0 amide bonds. The van der Waals surface area contributed by atoms with Gasteiger partial charge in [0.05, 0.1) is 22.6 Å². The summed E-state index contributed by atoms with van der Waals surface area (Å²) in [7, 11) is 0. The Bertz CT molecular complexity index is 920. The Labute approximate surface area is 188 Å². The number of quaternary nitrogens is 1. The highest BCUT2D eigenvalue weighted by molar-refractivity contribution is 7.80. The second-order valence-corrected chi connectivity index (χ2v) is 10.4. The molecular weight excluding hydrogens is 414 g/mol. The van der Waals surface area contributed by atoms with Crippen LogP contribution in [-0.2, 0) is 23.1 Å². The molecule has 0 radical (unpaired) electrons. The van der Waals surface area contributed by atoms with E-state index in [9.17, 15) is 4.79 Å². The average molecular weight is 447 g/mol. The van der Waals surface area contributed by atoms with Gasteiger partial charge in [-0.1, -0.05) is 30.3 Å². The van der Waals surface area contributed by atoms with E-state index in [1.165, 1.54) is 10.4 Å². The van der Waals surface area contributed by atoms with Gasteiger partial charge in [-0.05, 0) is 64.4 Å². The van der Waals surface area contributed by atoms with Crippen LogP contribution in [0.1, 0.15) is 61.0 Å². The van der Waals surface area contributed by atoms with Crippen molar-refractivity contribution in [3.63, 3.8) is 0 Å². The molecule has 4 N–H and O–H groups in total. The monoisotopic (exact) mass is 446 g/mol. The van der Waals surface area contributed by atoms with Crippen LogP contribution >= 0.6 is 23.6 Å². The summed E-state index contributed by atoms with van der Waals surface area (Å²) in [4.78, 5) is 14.1. The van der Waals surface area contributed by atoms with E-state index < -0.39 is 0 Å². The molecule has 0 aliphatic carbocycles. The third-order valence-electron chi connectivity index (χ3n) is 5.22. The molecule has 162 valence electrons. The third-order valence-corrected chi connectivity index (χ3v) is 6.96. The van der Waals surface area contributed by atoms with Crippen molar-refractivity contribution in [2.24, 2.45) is 0 Å². The van der Waals surface area contributed by atoms with Gasteiger partial charge >= 0.3 is 5.97 Å². The number of nitrogens with one attached hydrogen (secondary N) is 2. The van der Waals surface area contributed by atoms with Crippen LogP contribution in [0.3, 0.4) is 0 Å². The fourth-order valence-electron chi connectivity index (χ4n) is 4.32. The van der Waals surface area contributed by atoms with E-state index in [-0.39, 0.29) is 17.0 Å². The molecule has 1 aliphatic heterocycles. The van der Waals surface area contributed by atoms with Crippen LogP contribution < -0.4 is 16.0 Å². The Balaban J connectivity index is 1.81. The van der Waals surface area contributed by atoms with Gasteiger partial charge in [-0.3, -0.25) is 0 Å². The molecule has 2 aromatic rings. The SMILES string of the molecule is CCOC(=O)c1c(NC(=S)NCCc2ccccc2)sc2c1CC(C)(C)[NH2+]C2(C)C. The maximum Gasteiger partial charge on any atom is 0.341 e. The first kappa shape index (κ1) is 22.7. The molecule has 0 atom stereocenters. The summed E-state index contributed by atoms with van der Waals surface area (Å²) in [6, 6.07) is 10.3. The molecule has 0 spiro atoms. The van der Waals surface area contributed by atoms with Crippen LogP contribution in [0.5, 0.6) is 0 Å². The van der Waals surface area contributed by atoms with Crippen molar-refractivity contribution in [3.05, 3.63) is 51.9 Å². The summed E-state index contributed by atoms with van der Waals surface area (Å²) < 4.78 is 5.40. The van der Waals surface area contributed by atoms with Gasteiger partial charge in [-0.25, -0.2) is 4.79 Å². The van der Waals surface area contributed by atoms with E-state index in [1.807, 2.05) is 25.1 Å². The Kier molecular flexibility index (Phi) is 6.84. The molecule has 30 heavy (non-hydrogen) atoms. The molecular formula is C23H32N3O2S2+. The Hall–Kier alpha value is -1.96. The number of nitrogens with two attached hydrogens (primary N) is 1. The fourth-order valence-corrected chi connectivity index (χ4v) is 5.88. The molecule has 3 rings (SSSR count). The molecule has 5 nitrogen and oxygen atoms in total. The highest BCUT2D eigenvalue weighted by Crippen LogP contribution is 2.42. The van der Waals surface area contributed by atoms with Crippen molar-refractivity contribution < 1.29 is 14.8 Å². The topological polar surface area (TPSA) is 67.0 Å². The summed E-state index contributed by atoms with van der Waals surface area (Å²) in [5, 5.41) is 10.2. The Morgan fingerprint density at radius 1 is 1.23 bits per heavy atom. The van der Waals surface area contributed by atoms with E-state index in [2.05, 4.69) is 55.8 Å². The number of thiocarbonyl (C=S) groups is 1. The number of rotatable bonds is 6. The number of carbonyl (C=O) groups excluding carboxylic acids is 1. The fraction of sp³-hybridized carbons (Fsp3) is 0.478. The largest absolute Gasteiger partial charge is 0.462 e. The molecule has 0 unspecified atom stereocenters. The number of anilines is 1. The van der Waals surface area contributed by atoms with Crippen molar-refractivity contribution in [3.8, 4) is 0 Å². The molecule has 7 heteroatoms. The van der Waals surface area contributed by atoms with E-state index >= 15 is 0 Å². The molecule has 2 heterocycles. The second-order valence-electron chi connectivity index (χ2n) is 8.98. The summed E-state index contributed by atoms with van der Waals surface area (Å²) in [5.74, 6) is -0.280. The van der Waals surface area contributed by atoms with Crippen molar-refractivity contribution >= 4 is 39.6 Å². The van der Waals surface area contributed by atoms with Crippen LogP contribution in [0.25, 0.3) is 0 Å². The number of hydrogen-bond donors (Lipinski definition) is 3. The first-order valence-electron chi connectivity index (χ1n) is 10.4. The third kappa shape index (κ3) is 5.20. The zero-order chi connectivity index (χ0) is 21.9. The number of benzene rings is 1. The lowest BCUT2D eigenvalue weighted by atomic mass is 9.81. The number of hydrogen-bond acceptors (Lipinski definition) is 4. The first-order valence-corrected chi connectivity index (χ1v) is 11.6. The minimum Gasteiger partial charge on any atom is -0.462 e. The molecule has 0 fully saturated rings. The highest BCUT2D eigenvalue weighted by atomic mass is 32.1. The van der Waals surface area contributed by atoms with Crippen LogP contribution in [0.15, 0.2) is 30.3 Å². The van der Waals surface area contributed by atoms with Crippen molar-refractivity contribution in [2.45, 2.75) is 58.5 Å². The number of fused-ring (bicyclic) bond motifs is 1. The van der Waals surface area contributed by atoms with E-state index in [4.69, 9.17) is 17.0 Å². The predicted molar refractivity (Wildman–Crippen MR) is 127 cm³/mol. The number of esters is 1. The quantitative estimate of drug-likeness (QED) is 0.467. The summed E-state index contributed by atoms with van der Waals surface area (Å²) in [5.41, 5.74) is 2.87. The number of carbonyl (C=O) groups is 1. The highest BCUT2D eigenvalue weighted by Gasteiger charge is 2.45. The van der Waals surface area contributed by atoms with E-state index in [0.29, 0.717) is 17.3 Å². The minimum atomic E-state index is -0.280. The Morgan fingerprint density at radius 3 is 2.60 bits per heavy atom. The average Bonchev–Trinajstić information content (AvgIpc) is 2.99. The number of ether oxygens (including phenoxy) is 1. The van der Waals surface area contributed by atoms with Gasteiger partial charge in [0.25, 0.3) is 0 Å². The zero-order valence-corrected chi connectivity index (χ0v) is 20.1. The predicted octanol–water partition coefficient (Wildman–Crippen LogP) is 3.59. The van der Waals surface area contributed by atoms with Crippen molar-refractivity contribution in [1.29, 1.82) is 0 Å². The second kappa shape index (κ2) is 9.04. The maximum absolute atomic E-state index is 12.9. The van der Waals surface area contributed by atoms with Gasteiger partial charge in [0.1, 0.15) is 10.5 Å². The Morgan fingerprint density at radius 2 is 1.93 bits per heavy atom. The van der Waals surface area contributed by atoms with Gasteiger partial charge < -0.3 is 20.7 Å². The lowest BCUT2D eigenvalue weighted by Crippen LogP contribution is -3.03. The van der Waals surface area contributed by atoms with Crippen molar-refractivity contribution in [1.82, 2.24) is 5.32 Å². The van der Waals surface area contributed by atoms with Crippen LogP contribution in [-0.4, -0.2) is 29.8 Å². The van der Waals surface area contributed by atoms with Crippen molar-refractivity contribution in [2.75, 3.05) is 18.5 Å². The molecule has 0 saturated carbocycles. The van der Waals surface area contributed by atoms with E-state index in [0.717, 1.165) is 30.0 Å². The minimum absolute atomic E-state index is 0.00449. The van der Waals surface area contributed by atoms with Crippen LogP contribution in [0.2, 0.25) is 0 Å². The summed E-state index contributed by atoms with van der Waals surface area (Å²) in [6.07, 6.45) is 1.69.